The summed E-state index contributed by atoms with van der Waals surface area (Å²) in [7, 11) is 0. The van der Waals surface area contributed by atoms with Gasteiger partial charge in [-0.05, 0) is 0 Å². The molecule has 7 heteroatoms. The molecule has 0 aromatic rings. The van der Waals surface area contributed by atoms with Crippen molar-refractivity contribution in [2.24, 2.45) is 5.92 Å². The molecule has 0 spiro atoms. The fraction of sp³-hybridized carbons (Fsp3) is 1.00. The van der Waals surface area contributed by atoms with Gasteiger partial charge in [0.1, 0.15) is 0 Å². The zero-order valence-corrected chi connectivity index (χ0v) is 7.19. The van der Waals surface area contributed by atoms with Crippen LogP contribution in [0.2, 0.25) is 0 Å². The molecule has 2 atom stereocenters. The minimum Gasteiger partial charge on any atom is -0.261 e. The SMILES string of the molecule is CC1C(F)OP(=O)(Cl)OC1F. The summed E-state index contributed by atoms with van der Waals surface area (Å²) < 4.78 is 43.8. The summed E-state index contributed by atoms with van der Waals surface area (Å²) in [5.74, 6) is -1.10. The summed E-state index contributed by atoms with van der Waals surface area (Å²) >= 11 is 4.96. The molecule has 11 heavy (non-hydrogen) atoms. The van der Waals surface area contributed by atoms with E-state index in [0.29, 0.717) is 0 Å². The molecule has 66 valence electrons. The van der Waals surface area contributed by atoms with E-state index >= 15 is 0 Å². The van der Waals surface area contributed by atoms with Crippen molar-refractivity contribution in [3.8, 4) is 0 Å². The highest BCUT2D eigenvalue weighted by atomic mass is 35.7. The normalized spacial score (nSPS) is 52.5. The smallest absolute Gasteiger partial charge is 0.261 e. The van der Waals surface area contributed by atoms with Crippen molar-refractivity contribution < 1.29 is 22.4 Å². The molecule has 2 unspecified atom stereocenters. The average molecular weight is 207 g/mol. The van der Waals surface area contributed by atoms with Crippen LogP contribution in [0.1, 0.15) is 6.92 Å². The van der Waals surface area contributed by atoms with Crippen LogP contribution in [0.3, 0.4) is 0 Å². The summed E-state index contributed by atoms with van der Waals surface area (Å²) in [6.45, 7) is -2.79. The Labute approximate surface area is 66.9 Å². The first kappa shape index (κ1) is 9.39. The van der Waals surface area contributed by atoms with Crippen molar-refractivity contribution in [3.05, 3.63) is 0 Å². The number of hydrogen-bond acceptors (Lipinski definition) is 3. The van der Waals surface area contributed by atoms with E-state index in [-0.39, 0.29) is 0 Å². The van der Waals surface area contributed by atoms with E-state index in [1.807, 2.05) is 0 Å². The van der Waals surface area contributed by atoms with Crippen LogP contribution in [-0.4, -0.2) is 12.7 Å². The van der Waals surface area contributed by atoms with E-state index < -0.39 is 25.6 Å². The predicted molar refractivity (Wildman–Crippen MR) is 34.6 cm³/mol. The number of rotatable bonds is 0. The van der Waals surface area contributed by atoms with E-state index in [0.717, 1.165) is 0 Å². The number of hydrogen-bond donors (Lipinski definition) is 0. The average Bonchev–Trinajstić information content (AvgIpc) is 1.81. The maximum atomic E-state index is 12.5. The molecule has 1 aliphatic heterocycles. The molecule has 0 amide bonds. The highest BCUT2D eigenvalue weighted by Crippen LogP contribution is 2.60. The fourth-order valence-corrected chi connectivity index (χ4v) is 1.95. The topological polar surface area (TPSA) is 35.5 Å². The third-order valence-corrected chi connectivity index (χ3v) is 2.66. The van der Waals surface area contributed by atoms with Crippen LogP contribution in [0, 0.1) is 5.92 Å². The molecule has 0 aliphatic carbocycles. The van der Waals surface area contributed by atoms with Crippen LogP contribution in [-0.2, 0) is 13.6 Å². The Morgan fingerprint density at radius 1 is 1.36 bits per heavy atom. The summed E-state index contributed by atoms with van der Waals surface area (Å²) in [5.41, 5.74) is 0. The standard InChI is InChI=1S/C4H6ClF2O3P/c1-2-3(6)9-11(5,8)10-4(2)7/h2-4H,1H3. The Morgan fingerprint density at radius 2 is 1.73 bits per heavy atom. The van der Waals surface area contributed by atoms with Crippen LogP contribution in [0.5, 0.6) is 0 Å². The molecule has 1 rings (SSSR count). The third kappa shape index (κ3) is 2.12. The zero-order chi connectivity index (χ0) is 8.65. The van der Waals surface area contributed by atoms with Gasteiger partial charge in [-0.15, -0.1) is 0 Å². The molecular weight excluding hydrogens is 200 g/mol. The minimum atomic E-state index is -4.01. The first-order valence-electron chi connectivity index (χ1n) is 2.87. The Balaban J connectivity index is 2.70. The number of halogens is 3. The molecular formula is C4H6ClF2O3P. The second-order valence-corrected chi connectivity index (χ2v) is 4.73. The molecule has 3 nitrogen and oxygen atoms in total. The van der Waals surface area contributed by atoms with Crippen LogP contribution < -0.4 is 0 Å². The minimum absolute atomic E-state index is 1.10. The first-order chi connectivity index (χ1) is 4.92. The lowest BCUT2D eigenvalue weighted by Gasteiger charge is -2.28. The summed E-state index contributed by atoms with van der Waals surface area (Å²) in [6, 6.07) is 0. The van der Waals surface area contributed by atoms with Crippen LogP contribution in [0.25, 0.3) is 0 Å². The van der Waals surface area contributed by atoms with Crippen molar-refractivity contribution in [1.82, 2.24) is 0 Å². The van der Waals surface area contributed by atoms with Crippen LogP contribution in [0.4, 0.5) is 8.78 Å². The van der Waals surface area contributed by atoms with Crippen LogP contribution >= 0.6 is 18.2 Å². The van der Waals surface area contributed by atoms with Crippen molar-refractivity contribution >= 4 is 18.2 Å². The lowest BCUT2D eigenvalue weighted by Crippen LogP contribution is -2.30. The van der Waals surface area contributed by atoms with E-state index in [9.17, 15) is 13.3 Å². The van der Waals surface area contributed by atoms with Gasteiger partial charge in [-0.2, -0.15) is 0 Å². The van der Waals surface area contributed by atoms with Crippen molar-refractivity contribution in [1.29, 1.82) is 0 Å². The highest BCUT2D eigenvalue weighted by Gasteiger charge is 2.43. The largest absolute Gasteiger partial charge is 0.429 e. The maximum Gasteiger partial charge on any atom is 0.429 e. The van der Waals surface area contributed by atoms with Crippen molar-refractivity contribution in [3.63, 3.8) is 0 Å². The molecule has 1 fully saturated rings. The van der Waals surface area contributed by atoms with Gasteiger partial charge in [-0.1, -0.05) is 6.92 Å². The van der Waals surface area contributed by atoms with Crippen molar-refractivity contribution in [2.75, 3.05) is 0 Å². The summed E-state index contributed by atoms with van der Waals surface area (Å²) in [5, 5.41) is 0. The molecule has 0 aromatic carbocycles. The summed E-state index contributed by atoms with van der Waals surface area (Å²) in [4.78, 5) is 0. The van der Waals surface area contributed by atoms with Gasteiger partial charge >= 0.3 is 6.95 Å². The lowest BCUT2D eigenvalue weighted by molar-refractivity contribution is -0.122. The molecule has 0 aromatic heterocycles. The van der Waals surface area contributed by atoms with Gasteiger partial charge in [0.05, 0.1) is 5.92 Å². The molecule has 0 N–H and O–H groups in total. The van der Waals surface area contributed by atoms with Gasteiger partial charge in [0.25, 0.3) is 0 Å². The van der Waals surface area contributed by atoms with E-state index in [1.54, 1.807) is 0 Å². The van der Waals surface area contributed by atoms with Gasteiger partial charge in [-0.25, -0.2) is 13.3 Å². The molecule has 0 saturated carbocycles. The van der Waals surface area contributed by atoms with Gasteiger partial charge < -0.3 is 0 Å². The second kappa shape index (κ2) is 2.98. The molecule has 1 aliphatic rings. The monoisotopic (exact) mass is 206 g/mol. The van der Waals surface area contributed by atoms with Gasteiger partial charge in [-0.3, -0.25) is 9.05 Å². The Morgan fingerprint density at radius 3 is 2.09 bits per heavy atom. The molecule has 0 bridgehead atoms. The van der Waals surface area contributed by atoms with Gasteiger partial charge in [0, 0.05) is 11.2 Å². The predicted octanol–water partition coefficient (Wildman–Crippen LogP) is 2.61. The number of alkyl halides is 2. The third-order valence-electron chi connectivity index (χ3n) is 1.28. The molecule has 1 saturated heterocycles. The lowest BCUT2D eigenvalue weighted by atomic mass is 10.2. The van der Waals surface area contributed by atoms with Crippen molar-refractivity contribution in [2.45, 2.75) is 19.6 Å². The van der Waals surface area contributed by atoms with Gasteiger partial charge in [0.15, 0.2) is 0 Å². The van der Waals surface area contributed by atoms with E-state index in [2.05, 4.69) is 9.05 Å². The molecule has 0 radical (unpaired) electrons. The van der Waals surface area contributed by atoms with Crippen LogP contribution in [0.15, 0.2) is 0 Å². The Hall–Kier alpha value is 0.300. The van der Waals surface area contributed by atoms with Gasteiger partial charge in [0.2, 0.25) is 12.7 Å². The van der Waals surface area contributed by atoms with E-state index in [4.69, 9.17) is 11.2 Å². The second-order valence-electron chi connectivity index (χ2n) is 2.20. The highest BCUT2D eigenvalue weighted by molar-refractivity contribution is 7.81. The fourth-order valence-electron chi connectivity index (χ4n) is 0.576. The Bertz CT molecular complexity index is 186. The Kier molecular flexibility index (Phi) is 2.54. The first-order valence-corrected chi connectivity index (χ1v) is 5.32. The quantitative estimate of drug-likeness (QED) is 0.572. The zero-order valence-electron chi connectivity index (χ0n) is 5.54. The molecule has 1 heterocycles. The van der Waals surface area contributed by atoms with E-state index in [1.165, 1.54) is 6.92 Å². The maximum absolute atomic E-state index is 12.5. The summed E-state index contributed by atoms with van der Waals surface area (Å²) in [6.07, 6.45) is -3.94.